The number of nitrogens with one attached hydrogen (secondary N) is 2. The van der Waals surface area contributed by atoms with Gasteiger partial charge in [-0.3, -0.25) is 10.1 Å². The molecule has 0 spiro atoms. The van der Waals surface area contributed by atoms with Crippen LogP contribution in [0.15, 0.2) is 76.3 Å². The number of nitrogens with zero attached hydrogens (tertiary/aromatic N) is 3. The minimum atomic E-state index is 0.0714. The fourth-order valence-corrected chi connectivity index (χ4v) is 3.99. The van der Waals surface area contributed by atoms with E-state index in [4.69, 9.17) is 15.4 Å². The molecule has 0 unspecified atom stereocenters. The lowest BCUT2D eigenvalue weighted by Gasteiger charge is -2.23. The van der Waals surface area contributed by atoms with E-state index in [1.54, 1.807) is 12.3 Å². The van der Waals surface area contributed by atoms with E-state index in [2.05, 4.69) is 52.1 Å². The van der Waals surface area contributed by atoms with Gasteiger partial charge >= 0.3 is 0 Å². The number of fused-ring (bicyclic) bond motifs is 1. The summed E-state index contributed by atoms with van der Waals surface area (Å²) in [5, 5.41) is 14.6. The third-order valence-electron chi connectivity index (χ3n) is 5.81. The molecule has 2 aromatic carbocycles. The summed E-state index contributed by atoms with van der Waals surface area (Å²) in [4.78, 5) is 18.1. The van der Waals surface area contributed by atoms with Crippen LogP contribution in [0.4, 0.5) is 5.69 Å². The first kappa shape index (κ1) is 29.5. The Morgan fingerprint density at radius 3 is 2.68 bits per heavy atom. The van der Waals surface area contributed by atoms with Gasteiger partial charge in [-0.15, -0.1) is 12.8 Å². The second-order valence-corrected chi connectivity index (χ2v) is 8.70. The average molecular weight is 513 g/mol. The van der Waals surface area contributed by atoms with Crippen LogP contribution in [0, 0.1) is 31.2 Å². The summed E-state index contributed by atoms with van der Waals surface area (Å²) in [5.41, 5.74) is 9.31. The summed E-state index contributed by atoms with van der Waals surface area (Å²) in [7, 11) is 0. The van der Waals surface area contributed by atoms with Crippen molar-refractivity contribution in [3.8, 4) is 19.0 Å². The third-order valence-corrected chi connectivity index (χ3v) is 5.81. The van der Waals surface area contributed by atoms with Crippen molar-refractivity contribution in [2.45, 2.75) is 39.0 Å². The summed E-state index contributed by atoms with van der Waals surface area (Å²) in [6.07, 6.45) is 15.2. The number of benzene rings is 2. The molecule has 198 valence electrons. The molecule has 4 rings (SSSR count). The van der Waals surface area contributed by atoms with E-state index in [1.807, 2.05) is 43.3 Å². The van der Waals surface area contributed by atoms with Crippen molar-refractivity contribution in [2.24, 2.45) is 10.7 Å². The largest absolute Gasteiger partial charge is 0.461 e. The first-order valence-electron chi connectivity index (χ1n) is 12.5. The Morgan fingerprint density at radius 1 is 1.18 bits per heavy atom. The molecule has 1 saturated heterocycles. The number of nitriles is 1. The molecular weight excluding hydrogens is 476 g/mol. The summed E-state index contributed by atoms with van der Waals surface area (Å²) >= 11 is 0. The summed E-state index contributed by atoms with van der Waals surface area (Å²) in [6, 6.07) is 17.6. The van der Waals surface area contributed by atoms with Gasteiger partial charge in [-0.05, 0) is 62.4 Å². The number of carbonyl (C=O) groups is 1. The monoisotopic (exact) mass is 512 g/mol. The molecule has 1 aliphatic heterocycles. The second-order valence-electron chi connectivity index (χ2n) is 8.70. The molecule has 38 heavy (non-hydrogen) atoms. The van der Waals surface area contributed by atoms with Crippen molar-refractivity contribution < 1.29 is 9.21 Å². The van der Waals surface area contributed by atoms with E-state index in [1.165, 1.54) is 18.4 Å². The maximum Gasteiger partial charge on any atom is 0.239 e. The number of allylic oxidation sites excluding steroid dienone is 1. The number of carbonyl (C=O) groups excluding carboxylic acids is 1. The molecule has 8 nitrogen and oxygen atoms in total. The highest BCUT2D eigenvalue weighted by atomic mass is 16.3. The van der Waals surface area contributed by atoms with Crippen LogP contribution in [0.1, 0.15) is 37.0 Å². The van der Waals surface area contributed by atoms with Gasteiger partial charge in [-0.2, -0.15) is 5.26 Å². The quantitative estimate of drug-likeness (QED) is 0.144. The molecular formula is C30H36N6O2. The van der Waals surface area contributed by atoms with Crippen LogP contribution in [-0.4, -0.2) is 36.4 Å². The predicted octanol–water partition coefficient (Wildman–Crippen LogP) is 4.74. The lowest BCUT2D eigenvalue weighted by atomic mass is 10.1. The molecule has 3 aromatic rings. The normalized spacial score (nSPS) is 13.2. The van der Waals surface area contributed by atoms with Crippen LogP contribution < -0.4 is 16.4 Å². The van der Waals surface area contributed by atoms with Crippen LogP contribution in [0.5, 0.6) is 0 Å². The highest BCUT2D eigenvalue weighted by molar-refractivity contribution is 5.86. The number of terminal acetylenes is 1. The Labute approximate surface area is 225 Å². The fraction of sp³-hybridized carbons (Fsp3) is 0.300. The predicted molar refractivity (Wildman–Crippen MR) is 153 cm³/mol. The van der Waals surface area contributed by atoms with Crippen LogP contribution >= 0.6 is 0 Å². The van der Waals surface area contributed by atoms with Crippen LogP contribution in [0.2, 0.25) is 0 Å². The van der Waals surface area contributed by atoms with Crippen molar-refractivity contribution in [1.29, 1.82) is 5.26 Å². The Kier molecular flexibility index (Phi) is 12.5. The first-order valence-corrected chi connectivity index (χ1v) is 12.5. The van der Waals surface area contributed by atoms with Crippen molar-refractivity contribution in [3.05, 3.63) is 78.2 Å². The number of likely N-dealkylation sites (tertiary alicyclic amines) is 1. The SMILES string of the molecule is C#C.C=C1CCCCCN1CC(=O)NCCc1ccccc1.Cc1cc2cc(N=C(N)NC#N)ccc2o1. The fourth-order valence-electron chi connectivity index (χ4n) is 3.99. The summed E-state index contributed by atoms with van der Waals surface area (Å²) < 4.78 is 5.43. The minimum Gasteiger partial charge on any atom is -0.461 e. The van der Waals surface area contributed by atoms with E-state index >= 15 is 0 Å². The lowest BCUT2D eigenvalue weighted by Crippen LogP contribution is -2.37. The van der Waals surface area contributed by atoms with Crippen molar-refractivity contribution in [2.75, 3.05) is 19.6 Å². The van der Waals surface area contributed by atoms with Gasteiger partial charge in [0.2, 0.25) is 11.9 Å². The maximum atomic E-state index is 12.0. The number of hydrogen-bond acceptors (Lipinski definition) is 5. The molecule has 0 saturated carbocycles. The molecule has 0 bridgehead atoms. The molecule has 2 heterocycles. The van der Waals surface area contributed by atoms with Crippen molar-refractivity contribution in [1.82, 2.24) is 15.5 Å². The molecule has 0 atom stereocenters. The Morgan fingerprint density at radius 2 is 1.95 bits per heavy atom. The van der Waals surface area contributed by atoms with Gasteiger partial charge in [0.1, 0.15) is 11.3 Å². The molecule has 4 N–H and O–H groups in total. The minimum absolute atomic E-state index is 0.0714. The Bertz CT molecular complexity index is 1270. The van der Waals surface area contributed by atoms with Gasteiger partial charge < -0.3 is 20.4 Å². The van der Waals surface area contributed by atoms with E-state index in [0.717, 1.165) is 48.2 Å². The zero-order valence-electron chi connectivity index (χ0n) is 22.0. The topological polar surface area (TPSA) is 120 Å². The number of amides is 1. The highest BCUT2D eigenvalue weighted by Gasteiger charge is 2.14. The first-order chi connectivity index (χ1) is 18.4. The van der Waals surface area contributed by atoms with E-state index in [-0.39, 0.29) is 11.9 Å². The second kappa shape index (κ2) is 16.1. The number of rotatable bonds is 6. The third kappa shape index (κ3) is 10.1. The molecule has 8 heteroatoms. The van der Waals surface area contributed by atoms with Gasteiger partial charge in [-0.25, -0.2) is 4.99 Å². The molecule has 1 aliphatic rings. The zero-order valence-corrected chi connectivity index (χ0v) is 22.0. The van der Waals surface area contributed by atoms with E-state index in [9.17, 15) is 4.79 Å². The molecule has 1 aromatic heterocycles. The van der Waals surface area contributed by atoms with Gasteiger partial charge in [0, 0.05) is 24.2 Å². The number of furan rings is 1. The zero-order chi connectivity index (χ0) is 27.8. The number of guanidine groups is 1. The van der Waals surface area contributed by atoms with Crippen LogP contribution in [0.3, 0.4) is 0 Å². The standard InChI is InChI=1S/C17H24N2O.C11H10N4O.C2H2/c1-15-8-4-3-7-13-19(15)14-17(20)18-12-11-16-9-5-2-6-10-16;1-7-4-8-5-9(2-3-10(8)16-7)15-11(13)14-6-12;1-2/h2,5-6,9-10H,1,3-4,7-8,11-14H2,(H,18,20);2-5H,1H3,(H3,13,14,15);1-2H. The van der Waals surface area contributed by atoms with Gasteiger partial charge in [0.25, 0.3) is 0 Å². The number of hydrogen-bond donors (Lipinski definition) is 3. The Hall–Kier alpha value is -4.69. The lowest BCUT2D eigenvalue weighted by molar-refractivity contribution is -0.121. The highest BCUT2D eigenvalue weighted by Crippen LogP contribution is 2.24. The molecule has 0 radical (unpaired) electrons. The van der Waals surface area contributed by atoms with Gasteiger partial charge in [0.05, 0.1) is 12.2 Å². The number of nitrogens with two attached hydrogens (primary N) is 1. The van der Waals surface area contributed by atoms with Crippen molar-refractivity contribution in [3.63, 3.8) is 0 Å². The van der Waals surface area contributed by atoms with Crippen LogP contribution in [0.25, 0.3) is 11.0 Å². The van der Waals surface area contributed by atoms with Gasteiger partial charge in [-0.1, -0.05) is 43.3 Å². The van der Waals surface area contributed by atoms with Crippen molar-refractivity contribution >= 4 is 28.5 Å². The van der Waals surface area contributed by atoms with Crippen LogP contribution in [-0.2, 0) is 11.2 Å². The average Bonchev–Trinajstić information content (AvgIpc) is 3.17. The van der Waals surface area contributed by atoms with E-state index in [0.29, 0.717) is 18.8 Å². The molecule has 1 amide bonds. The molecule has 1 fully saturated rings. The summed E-state index contributed by atoms with van der Waals surface area (Å²) in [6.45, 7) is 8.08. The molecule has 0 aliphatic carbocycles. The summed E-state index contributed by atoms with van der Waals surface area (Å²) in [5.74, 6) is 1.02. The Balaban J connectivity index is 0.000000256. The number of aryl methyl sites for hydroxylation is 1. The van der Waals surface area contributed by atoms with Gasteiger partial charge in [0.15, 0.2) is 6.19 Å². The maximum absolute atomic E-state index is 12.0. The van der Waals surface area contributed by atoms with E-state index < -0.39 is 0 Å². The smallest absolute Gasteiger partial charge is 0.239 e. The number of aliphatic imine (C=N–C) groups is 1.